The molecule has 5 unspecified atom stereocenters. The number of aliphatic hydroxyl groups excluding tert-OH is 2. The molecule has 0 saturated carbocycles. The van der Waals surface area contributed by atoms with Crippen LogP contribution in [0.4, 0.5) is 11.8 Å². The van der Waals surface area contributed by atoms with Gasteiger partial charge in [-0.05, 0) is 19.4 Å². The second-order valence-corrected chi connectivity index (χ2v) is 8.37. The number of unbranched alkanes of at least 4 members (excludes halogenated alkanes) is 3. The third-order valence-corrected chi connectivity index (χ3v) is 5.39. The number of aliphatic hydroxyl groups is 2. The molecular weight excluding hydrogens is 440 g/mol. The Balaban J connectivity index is 0.00000363. The maximum atomic E-state index is 10.9. The molecular formula is C16H27LiN7O7P. The molecule has 16 heteroatoms. The van der Waals surface area contributed by atoms with Crippen molar-refractivity contribution >= 4 is 30.8 Å². The molecule has 1 aliphatic rings. The third kappa shape index (κ3) is 6.39. The van der Waals surface area contributed by atoms with Crippen LogP contribution in [0.1, 0.15) is 31.9 Å². The van der Waals surface area contributed by atoms with Crippen molar-refractivity contribution in [2.24, 2.45) is 5.73 Å². The van der Waals surface area contributed by atoms with Crippen molar-refractivity contribution in [2.45, 2.75) is 50.2 Å². The molecule has 8 N–H and O–H groups in total. The molecule has 1 fully saturated rings. The van der Waals surface area contributed by atoms with Gasteiger partial charge >= 0.3 is 18.9 Å². The van der Waals surface area contributed by atoms with Gasteiger partial charge in [0.1, 0.15) is 24.6 Å². The summed E-state index contributed by atoms with van der Waals surface area (Å²) in [5.41, 5.74) is 11.9. The van der Waals surface area contributed by atoms with E-state index in [9.17, 15) is 19.7 Å². The zero-order valence-electron chi connectivity index (χ0n) is 17.7. The van der Waals surface area contributed by atoms with E-state index in [0.29, 0.717) is 13.1 Å². The van der Waals surface area contributed by atoms with Gasteiger partial charge in [0.15, 0.2) is 23.2 Å². The Bertz CT molecular complexity index is 930. The molecule has 0 aliphatic carbocycles. The van der Waals surface area contributed by atoms with E-state index in [1.807, 2.05) is 0 Å². The zero-order chi connectivity index (χ0) is 22.6. The number of hydrogen-bond donors (Lipinski definition) is 6. The smallest absolute Gasteiger partial charge is 0.756 e. The van der Waals surface area contributed by atoms with E-state index in [2.05, 4.69) is 24.8 Å². The van der Waals surface area contributed by atoms with Crippen LogP contribution in [0.3, 0.4) is 0 Å². The van der Waals surface area contributed by atoms with E-state index in [-0.39, 0.29) is 41.8 Å². The quantitative estimate of drug-likeness (QED) is 0.104. The molecule has 174 valence electrons. The summed E-state index contributed by atoms with van der Waals surface area (Å²) in [6.45, 7) is 0.520. The van der Waals surface area contributed by atoms with Gasteiger partial charge in [-0.1, -0.05) is 12.8 Å². The Morgan fingerprint density at radius 2 is 1.97 bits per heavy atom. The van der Waals surface area contributed by atoms with Gasteiger partial charge in [-0.15, -0.1) is 0 Å². The van der Waals surface area contributed by atoms with Gasteiger partial charge in [0.2, 0.25) is 5.95 Å². The molecule has 3 rings (SSSR count). The number of phosphoric ester groups is 1. The SMILES string of the molecule is NCCCCCCNc1nc2c(N)ncnc2n1C1OC(COP(=O)([O-])O)C(O)C1O.[Li+]. The third-order valence-electron chi connectivity index (χ3n) is 4.91. The van der Waals surface area contributed by atoms with Crippen molar-refractivity contribution in [1.82, 2.24) is 19.5 Å². The van der Waals surface area contributed by atoms with Gasteiger partial charge in [0.25, 0.3) is 7.82 Å². The van der Waals surface area contributed by atoms with Gasteiger partial charge in [-0.25, -0.2) is 15.0 Å². The van der Waals surface area contributed by atoms with Crippen molar-refractivity contribution in [3.8, 4) is 0 Å². The second kappa shape index (κ2) is 11.7. The minimum absolute atomic E-state index is 0. The first kappa shape index (κ1) is 26.9. The fraction of sp³-hybridized carbons (Fsp3) is 0.688. The molecule has 2 aromatic heterocycles. The molecule has 0 amide bonds. The minimum atomic E-state index is -5.03. The Morgan fingerprint density at radius 3 is 2.66 bits per heavy atom. The first-order valence-electron chi connectivity index (χ1n) is 9.85. The van der Waals surface area contributed by atoms with Crippen LogP contribution >= 0.6 is 7.82 Å². The monoisotopic (exact) mass is 467 g/mol. The van der Waals surface area contributed by atoms with E-state index < -0.39 is 39.0 Å². The average Bonchev–Trinajstić information content (AvgIpc) is 3.21. The van der Waals surface area contributed by atoms with Gasteiger partial charge in [0.05, 0.1) is 6.61 Å². The van der Waals surface area contributed by atoms with Gasteiger partial charge in [-0.3, -0.25) is 9.13 Å². The summed E-state index contributed by atoms with van der Waals surface area (Å²) in [7, 11) is -5.03. The number of nitrogen functional groups attached to an aromatic ring is 1. The first-order valence-corrected chi connectivity index (χ1v) is 11.3. The van der Waals surface area contributed by atoms with E-state index in [0.717, 1.165) is 25.7 Å². The molecule has 0 bridgehead atoms. The van der Waals surface area contributed by atoms with Crippen molar-refractivity contribution in [3.05, 3.63) is 6.33 Å². The van der Waals surface area contributed by atoms with Crippen LogP contribution in [0.15, 0.2) is 6.33 Å². The summed E-state index contributed by atoms with van der Waals surface area (Å²) in [6, 6.07) is 0. The number of imidazole rings is 1. The molecule has 0 spiro atoms. The van der Waals surface area contributed by atoms with E-state index in [1.54, 1.807) is 0 Å². The predicted octanol–water partition coefficient (Wildman–Crippen LogP) is -4.56. The number of rotatable bonds is 11. The van der Waals surface area contributed by atoms with Crippen molar-refractivity contribution < 1.29 is 52.7 Å². The fourth-order valence-electron chi connectivity index (χ4n) is 3.36. The molecule has 5 atom stereocenters. The fourth-order valence-corrected chi connectivity index (χ4v) is 3.70. The molecule has 0 aromatic carbocycles. The Labute approximate surface area is 196 Å². The number of nitrogens with zero attached hydrogens (tertiary/aromatic N) is 4. The Morgan fingerprint density at radius 1 is 1.25 bits per heavy atom. The van der Waals surface area contributed by atoms with Crippen molar-refractivity contribution in [2.75, 3.05) is 30.7 Å². The normalized spacial score (nSPS) is 24.9. The number of aromatic nitrogens is 4. The van der Waals surface area contributed by atoms with Gasteiger partial charge in [-0.2, -0.15) is 0 Å². The molecule has 2 aromatic rings. The summed E-state index contributed by atoms with van der Waals surface area (Å²) >= 11 is 0. The summed E-state index contributed by atoms with van der Waals surface area (Å²) in [6.07, 6.45) is -0.379. The maximum absolute atomic E-state index is 10.9. The molecule has 1 aliphatic heterocycles. The number of hydrogen-bond acceptors (Lipinski definition) is 12. The summed E-state index contributed by atoms with van der Waals surface area (Å²) < 4.78 is 22.2. The molecule has 3 heterocycles. The first-order chi connectivity index (χ1) is 14.7. The van der Waals surface area contributed by atoms with E-state index in [1.165, 1.54) is 10.9 Å². The number of anilines is 2. The Hall–Kier alpha value is -1.30. The van der Waals surface area contributed by atoms with Crippen molar-refractivity contribution in [3.63, 3.8) is 0 Å². The number of nitrogens with two attached hydrogens (primary N) is 2. The van der Waals surface area contributed by atoms with Gasteiger partial charge < -0.3 is 46.0 Å². The molecule has 14 nitrogen and oxygen atoms in total. The zero-order valence-corrected chi connectivity index (χ0v) is 18.6. The van der Waals surface area contributed by atoms with E-state index >= 15 is 0 Å². The summed E-state index contributed by atoms with van der Waals surface area (Å²) in [4.78, 5) is 32.1. The van der Waals surface area contributed by atoms with Crippen LogP contribution in [0.2, 0.25) is 0 Å². The predicted molar refractivity (Wildman–Crippen MR) is 107 cm³/mol. The van der Waals surface area contributed by atoms with Crippen LogP contribution in [-0.4, -0.2) is 72.6 Å². The van der Waals surface area contributed by atoms with Gasteiger partial charge in [0, 0.05) is 6.54 Å². The number of fused-ring (bicyclic) bond motifs is 1. The minimum Gasteiger partial charge on any atom is -0.756 e. The van der Waals surface area contributed by atoms with Crippen LogP contribution in [0.25, 0.3) is 11.2 Å². The summed E-state index contributed by atoms with van der Waals surface area (Å²) in [5, 5.41) is 24.0. The molecule has 1 saturated heterocycles. The topological polar surface area (TPSA) is 227 Å². The van der Waals surface area contributed by atoms with Crippen LogP contribution in [-0.2, 0) is 13.8 Å². The van der Waals surface area contributed by atoms with E-state index in [4.69, 9.17) is 21.1 Å². The van der Waals surface area contributed by atoms with Crippen LogP contribution < -0.4 is 40.5 Å². The average molecular weight is 467 g/mol. The number of phosphoric acid groups is 1. The Kier molecular flexibility index (Phi) is 9.86. The summed E-state index contributed by atoms with van der Waals surface area (Å²) in [5.74, 6) is 0.408. The molecule has 0 radical (unpaired) electrons. The van der Waals surface area contributed by atoms with Crippen LogP contribution in [0, 0.1) is 0 Å². The standard InChI is InChI=1S/C16H28N7O7P.Li/c17-5-3-1-2-4-6-19-16-22-10-13(18)20-8-21-14(10)23(16)15-12(25)11(24)9(30-15)7-29-31(26,27)28;/h8-9,11-12,15,24-25H,1-7,17H2,(H,19,22)(H2,18,20,21)(H2,26,27,28);/q;+1/p-1. The van der Waals surface area contributed by atoms with Crippen LogP contribution in [0.5, 0.6) is 0 Å². The number of nitrogens with one attached hydrogen (secondary N) is 1. The second-order valence-electron chi connectivity index (χ2n) is 7.18. The van der Waals surface area contributed by atoms with Crippen molar-refractivity contribution in [1.29, 1.82) is 0 Å². The largest absolute Gasteiger partial charge is 1.00 e. The number of ether oxygens (including phenoxy) is 1. The molecule has 32 heavy (non-hydrogen) atoms. The maximum Gasteiger partial charge on any atom is 1.00 e.